The number of imidazole rings is 1. The third kappa shape index (κ3) is 2.67. The van der Waals surface area contributed by atoms with Crippen LogP contribution in [0.2, 0.25) is 0 Å². The van der Waals surface area contributed by atoms with Gasteiger partial charge in [-0.15, -0.1) is 11.6 Å². The first-order valence-corrected chi connectivity index (χ1v) is 6.72. The summed E-state index contributed by atoms with van der Waals surface area (Å²) in [5.41, 5.74) is 0.983. The Morgan fingerprint density at radius 2 is 2.29 bits per heavy atom. The SMILES string of the molecule is ClCc1cn(CC2CCSCC2)cn1. The molecule has 0 bridgehead atoms. The summed E-state index contributed by atoms with van der Waals surface area (Å²) in [6.45, 7) is 1.12. The molecular weight excluding hydrogens is 216 g/mol. The molecule has 4 heteroatoms. The molecule has 0 aromatic carbocycles. The molecule has 0 saturated carbocycles. The van der Waals surface area contributed by atoms with Crippen molar-refractivity contribution >= 4 is 23.4 Å². The van der Waals surface area contributed by atoms with Crippen LogP contribution in [0.5, 0.6) is 0 Å². The van der Waals surface area contributed by atoms with Gasteiger partial charge in [-0.25, -0.2) is 4.98 Å². The van der Waals surface area contributed by atoms with Crippen LogP contribution >= 0.6 is 23.4 Å². The molecule has 0 amide bonds. The normalized spacial score (nSPS) is 18.6. The second-order valence-electron chi connectivity index (χ2n) is 3.75. The monoisotopic (exact) mass is 230 g/mol. The zero-order valence-electron chi connectivity index (χ0n) is 8.16. The molecule has 0 atom stereocenters. The summed E-state index contributed by atoms with van der Waals surface area (Å²) >= 11 is 7.78. The van der Waals surface area contributed by atoms with Crippen molar-refractivity contribution in [2.75, 3.05) is 11.5 Å². The summed E-state index contributed by atoms with van der Waals surface area (Å²) in [4.78, 5) is 4.23. The zero-order chi connectivity index (χ0) is 9.80. The number of halogens is 1. The van der Waals surface area contributed by atoms with Crippen molar-refractivity contribution in [3.63, 3.8) is 0 Å². The van der Waals surface area contributed by atoms with Crippen molar-refractivity contribution in [3.05, 3.63) is 18.2 Å². The highest BCUT2D eigenvalue weighted by molar-refractivity contribution is 7.99. The molecule has 1 saturated heterocycles. The fourth-order valence-corrected chi connectivity index (χ4v) is 3.14. The van der Waals surface area contributed by atoms with Gasteiger partial charge in [-0.2, -0.15) is 11.8 Å². The van der Waals surface area contributed by atoms with Gasteiger partial charge in [0.15, 0.2) is 0 Å². The van der Waals surface area contributed by atoms with Gasteiger partial charge in [-0.3, -0.25) is 0 Å². The number of nitrogens with zero attached hydrogens (tertiary/aromatic N) is 2. The highest BCUT2D eigenvalue weighted by Crippen LogP contribution is 2.24. The van der Waals surface area contributed by atoms with Crippen LogP contribution in [0.25, 0.3) is 0 Å². The number of aromatic nitrogens is 2. The summed E-state index contributed by atoms with van der Waals surface area (Å²) in [6, 6.07) is 0. The number of thioether (sulfide) groups is 1. The Kier molecular flexibility index (Phi) is 3.76. The predicted molar refractivity (Wildman–Crippen MR) is 61.8 cm³/mol. The lowest BCUT2D eigenvalue weighted by Gasteiger charge is -2.21. The lowest BCUT2D eigenvalue weighted by molar-refractivity contribution is 0.416. The first kappa shape index (κ1) is 10.4. The second-order valence-corrected chi connectivity index (χ2v) is 5.24. The Morgan fingerprint density at radius 1 is 1.50 bits per heavy atom. The largest absolute Gasteiger partial charge is 0.337 e. The molecule has 78 valence electrons. The summed E-state index contributed by atoms with van der Waals surface area (Å²) < 4.78 is 2.18. The van der Waals surface area contributed by atoms with E-state index in [0.717, 1.165) is 18.2 Å². The van der Waals surface area contributed by atoms with Crippen LogP contribution in [0.4, 0.5) is 0 Å². The molecule has 2 rings (SSSR count). The van der Waals surface area contributed by atoms with Gasteiger partial charge >= 0.3 is 0 Å². The van der Waals surface area contributed by atoms with Crippen LogP contribution in [0.3, 0.4) is 0 Å². The molecule has 1 aromatic heterocycles. The lowest BCUT2D eigenvalue weighted by Crippen LogP contribution is -2.15. The Balaban J connectivity index is 1.89. The van der Waals surface area contributed by atoms with E-state index >= 15 is 0 Å². The van der Waals surface area contributed by atoms with E-state index in [-0.39, 0.29) is 0 Å². The summed E-state index contributed by atoms with van der Waals surface area (Å²) in [7, 11) is 0. The van der Waals surface area contributed by atoms with Gasteiger partial charge in [0.1, 0.15) is 0 Å². The van der Waals surface area contributed by atoms with E-state index in [1.165, 1.54) is 24.3 Å². The number of hydrogen-bond donors (Lipinski definition) is 0. The molecule has 2 heterocycles. The highest BCUT2D eigenvalue weighted by atomic mass is 35.5. The maximum absolute atomic E-state index is 5.70. The minimum atomic E-state index is 0.521. The Hall–Kier alpha value is -0.150. The molecule has 0 unspecified atom stereocenters. The van der Waals surface area contributed by atoms with Crippen molar-refractivity contribution in [1.29, 1.82) is 0 Å². The van der Waals surface area contributed by atoms with Gasteiger partial charge < -0.3 is 4.57 Å². The van der Waals surface area contributed by atoms with E-state index in [9.17, 15) is 0 Å². The van der Waals surface area contributed by atoms with Crippen molar-refractivity contribution < 1.29 is 0 Å². The average molecular weight is 231 g/mol. The van der Waals surface area contributed by atoms with Crippen LogP contribution in [-0.2, 0) is 12.4 Å². The first-order chi connectivity index (χ1) is 6.88. The quantitative estimate of drug-likeness (QED) is 0.744. The summed E-state index contributed by atoms with van der Waals surface area (Å²) in [5.74, 6) is 4.00. The molecule has 1 fully saturated rings. The van der Waals surface area contributed by atoms with Crippen LogP contribution in [0.15, 0.2) is 12.5 Å². The van der Waals surface area contributed by atoms with Gasteiger partial charge in [-0.05, 0) is 30.3 Å². The highest BCUT2D eigenvalue weighted by Gasteiger charge is 2.14. The third-order valence-electron chi connectivity index (χ3n) is 2.63. The molecule has 1 aliphatic rings. The molecule has 0 radical (unpaired) electrons. The first-order valence-electron chi connectivity index (χ1n) is 5.03. The van der Waals surface area contributed by atoms with Gasteiger partial charge in [0, 0.05) is 12.7 Å². The van der Waals surface area contributed by atoms with Crippen molar-refractivity contribution in [3.8, 4) is 0 Å². The standard InChI is InChI=1S/C10H15ClN2S/c11-5-10-7-13(8-12-10)6-9-1-3-14-4-2-9/h7-9H,1-6H2. The zero-order valence-corrected chi connectivity index (χ0v) is 9.73. The fourth-order valence-electron chi connectivity index (χ4n) is 1.80. The number of hydrogen-bond acceptors (Lipinski definition) is 2. The van der Waals surface area contributed by atoms with E-state index in [1.54, 1.807) is 0 Å². The van der Waals surface area contributed by atoms with E-state index in [2.05, 4.69) is 27.5 Å². The van der Waals surface area contributed by atoms with E-state index < -0.39 is 0 Å². The Morgan fingerprint density at radius 3 is 2.93 bits per heavy atom. The Bertz CT molecular complexity index is 281. The summed E-state index contributed by atoms with van der Waals surface area (Å²) in [5, 5.41) is 0. The lowest BCUT2D eigenvalue weighted by atomic mass is 10.0. The fraction of sp³-hybridized carbons (Fsp3) is 0.700. The molecule has 0 spiro atoms. The van der Waals surface area contributed by atoms with Gasteiger partial charge in [0.2, 0.25) is 0 Å². The van der Waals surface area contributed by atoms with E-state index in [1.807, 2.05) is 6.33 Å². The van der Waals surface area contributed by atoms with Crippen LogP contribution in [0, 0.1) is 5.92 Å². The molecule has 2 nitrogen and oxygen atoms in total. The molecule has 0 aliphatic carbocycles. The number of rotatable bonds is 3. The average Bonchev–Trinajstić information content (AvgIpc) is 2.67. The molecule has 1 aromatic rings. The van der Waals surface area contributed by atoms with Crippen molar-refractivity contribution in [2.45, 2.75) is 25.3 Å². The van der Waals surface area contributed by atoms with Gasteiger partial charge in [0.05, 0.1) is 17.9 Å². The number of alkyl halides is 1. The molecule has 1 aliphatic heterocycles. The van der Waals surface area contributed by atoms with E-state index in [4.69, 9.17) is 11.6 Å². The van der Waals surface area contributed by atoms with Gasteiger partial charge in [0.25, 0.3) is 0 Å². The van der Waals surface area contributed by atoms with Crippen LogP contribution < -0.4 is 0 Å². The van der Waals surface area contributed by atoms with E-state index in [0.29, 0.717) is 5.88 Å². The van der Waals surface area contributed by atoms with Crippen molar-refractivity contribution in [1.82, 2.24) is 9.55 Å². The van der Waals surface area contributed by atoms with Crippen molar-refractivity contribution in [2.24, 2.45) is 5.92 Å². The molecule has 0 N–H and O–H groups in total. The van der Waals surface area contributed by atoms with Gasteiger partial charge in [-0.1, -0.05) is 0 Å². The minimum Gasteiger partial charge on any atom is -0.337 e. The predicted octanol–water partition coefficient (Wildman–Crippen LogP) is 2.77. The maximum Gasteiger partial charge on any atom is 0.0950 e. The molecular formula is C10H15ClN2S. The summed E-state index contributed by atoms with van der Waals surface area (Å²) in [6.07, 6.45) is 6.66. The topological polar surface area (TPSA) is 17.8 Å². The minimum absolute atomic E-state index is 0.521. The second kappa shape index (κ2) is 5.08. The third-order valence-corrected chi connectivity index (χ3v) is 3.96. The maximum atomic E-state index is 5.70. The Labute approximate surface area is 94.0 Å². The smallest absolute Gasteiger partial charge is 0.0950 e. The van der Waals surface area contributed by atoms with Crippen LogP contribution in [0.1, 0.15) is 18.5 Å². The molecule has 14 heavy (non-hydrogen) atoms. The van der Waals surface area contributed by atoms with Crippen LogP contribution in [-0.4, -0.2) is 21.1 Å².